The van der Waals surface area contributed by atoms with Crippen LogP contribution < -0.4 is 4.74 Å². The third-order valence-electron chi connectivity index (χ3n) is 7.25. The second kappa shape index (κ2) is 6.63. The summed E-state index contributed by atoms with van der Waals surface area (Å²) in [7, 11) is 0. The molecule has 146 valence electrons. The van der Waals surface area contributed by atoms with E-state index in [0.717, 1.165) is 17.7 Å². The number of hydrogen-bond donors (Lipinski definition) is 0. The molecule has 1 aromatic carbocycles. The SMILES string of the molecule is c1ccc(-c2ccc(OC3C(Cc4cccnc4)N4CCC45CCC35)nn2)cc1. The monoisotopic (exact) mass is 384 g/mol. The second-order valence-electron chi connectivity index (χ2n) is 8.53. The molecule has 0 N–H and O–H groups in total. The molecule has 5 nitrogen and oxygen atoms in total. The Hall–Kier alpha value is -2.79. The number of rotatable bonds is 5. The van der Waals surface area contributed by atoms with Crippen molar-refractivity contribution in [3.8, 4) is 17.1 Å². The van der Waals surface area contributed by atoms with Crippen LogP contribution in [0, 0.1) is 5.92 Å². The van der Waals surface area contributed by atoms with Crippen LogP contribution in [-0.4, -0.2) is 44.3 Å². The van der Waals surface area contributed by atoms with Crippen LogP contribution in [0.4, 0.5) is 0 Å². The number of ether oxygens (including phenoxy) is 1. The van der Waals surface area contributed by atoms with Crippen molar-refractivity contribution < 1.29 is 4.74 Å². The molecule has 0 amide bonds. The smallest absolute Gasteiger partial charge is 0.233 e. The Morgan fingerprint density at radius 3 is 2.59 bits per heavy atom. The van der Waals surface area contributed by atoms with E-state index in [1.165, 1.54) is 31.4 Å². The van der Waals surface area contributed by atoms with Crippen molar-refractivity contribution in [2.45, 2.75) is 43.4 Å². The standard InChI is InChI=1S/C24H24N4O/c1-2-6-18(7-3-1)20-8-9-22(27-26-20)29-23-19-10-11-24(19)12-14-28(24)21(23)15-17-5-4-13-25-16-17/h1-9,13,16,19,21,23H,10-12,14-15H2. The molecule has 1 saturated carbocycles. The maximum absolute atomic E-state index is 6.52. The predicted molar refractivity (Wildman–Crippen MR) is 110 cm³/mol. The maximum atomic E-state index is 6.52. The fourth-order valence-corrected chi connectivity index (χ4v) is 5.68. The highest BCUT2D eigenvalue weighted by atomic mass is 16.5. The summed E-state index contributed by atoms with van der Waals surface area (Å²) in [6.07, 6.45) is 8.83. The summed E-state index contributed by atoms with van der Waals surface area (Å²) in [4.78, 5) is 7.01. The highest BCUT2D eigenvalue weighted by Crippen LogP contribution is 2.60. The van der Waals surface area contributed by atoms with E-state index in [1.54, 1.807) is 0 Å². The summed E-state index contributed by atoms with van der Waals surface area (Å²) in [5.74, 6) is 1.24. The van der Waals surface area contributed by atoms with Crippen LogP contribution >= 0.6 is 0 Å². The molecule has 3 aromatic rings. The Kier molecular flexibility index (Phi) is 3.91. The molecule has 2 aliphatic heterocycles. The molecule has 0 bridgehead atoms. The molecule has 1 aliphatic carbocycles. The fourth-order valence-electron chi connectivity index (χ4n) is 5.68. The van der Waals surface area contributed by atoms with Gasteiger partial charge in [-0.05, 0) is 43.4 Å². The van der Waals surface area contributed by atoms with Crippen molar-refractivity contribution in [1.82, 2.24) is 20.1 Å². The van der Waals surface area contributed by atoms with Crippen LogP contribution in [0.1, 0.15) is 24.8 Å². The molecule has 3 fully saturated rings. The maximum Gasteiger partial charge on any atom is 0.233 e. The summed E-state index contributed by atoms with van der Waals surface area (Å²) >= 11 is 0. The van der Waals surface area contributed by atoms with Gasteiger partial charge in [-0.2, -0.15) is 0 Å². The molecule has 2 saturated heterocycles. The summed E-state index contributed by atoms with van der Waals surface area (Å²) in [5.41, 5.74) is 3.61. The molecule has 3 aliphatic rings. The fraction of sp³-hybridized carbons (Fsp3) is 0.375. The number of hydrogen-bond acceptors (Lipinski definition) is 5. The molecule has 2 aromatic heterocycles. The number of pyridine rings is 1. The van der Waals surface area contributed by atoms with Gasteiger partial charge in [0.15, 0.2) is 0 Å². The van der Waals surface area contributed by atoms with E-state index in [-0.39, 0.29) is 6.10 Å². The molecule has 6 rings (SSSR count). The quantitative estimate of drug-likeness (QED) is 0.670. The van der Waals surface area contributed by atoms with Gasteiger partial charge in [-0.3, -0.25) is 9.88 Å². The number of benzene rings is 1. The first kappa shape index (κ1) is 17.1. The molecule has 29 heavy (non-hydrogen) atoms. The predicted octanol–water partition coefficient (Wildman–Crippen LogP) is 3.77. The topological polar surface area (TPSA) is 51.1 Å². The summed E-state index contributed by atoms with van der Waals surface area (Å²) < 4.78 is 6.52. The first-order valence-electron chi connectivity index (χ1n) is 10.5. The van der Waals surface area contributed by atoms with E-state index in [4.69, 9.17) is 4.74 Å². The van der Waals surface area contributed by atoms with Crippen molar-refractivity contribution in [3.63, 3.8) is 0 Å². The minimum absolute atomic E-state index is 0.170. The van der Waals surface area contributed by atoms with Crippen molar-refractivity contribution in [2.75, 3.05) is 6.54 Å². The minimum atomic E-state index is 0.170. The van der Waals surface area contributed by atoms with E-state index in [9.17, 15) is 0 Å². The zero-order chi connectivity index (χ0) is 19.3. The van der Waals surface area contributed by atoms with Crippen LogP contribution in [0.25, 0.3) is 11.3 Å². The Labute approximate surface area is 170 Å². The lowest BCUT2D eigenvalue weighted by atomic mass is 9.61. The minimum Gasteiger partial charge on any atom is -0.471 e. The second-order valence-corrected chi connectivity index (χ2v) is 8.53. The van der Waals surface area contributed by atoms with Crippen LogP contribution in [0.5, 0.6) is 5.88 Å². The van der Waals surface area contributed by atoms with Crippen LogP contribution in [-0.2, 0) is 6.42 Å². The summed E-state index contributed by atoms with van der Waals surface area (Å²) in [6, 6.07) is 18.7. The molecular weight excluding hydrogens is 360 g/mol. The number of nitrogens with zero attached hydrogens (tertiary/aromatic N) is 4. The van der Waals surface area contributed by atoms with E-state index in [1.807, 2.05) is 48.8 Å². The molecule has 1 spiro atoms. The summed E-state index contributed by atoms with van der Waals surface area (Å²) in [6.45, 7) is 1.18. The Morgan fingerprint density at radius 2 is 1.93 bits per heavy atom. The van der Waals surface area contributed by atoms with Crippen LogP contribution in [0.2, 0.25) is 0 Å². The normalized spacial score (nSPS) is 30.0. The lowest BCUT2D eigenvalue weighted by Crippen LogP contribution is -2.65. The summed E-state index contributed by atoms with van der Waals surface area (Å²) in [5, 5.41) is 8.82. The molecular formula is C24H24N4O. The molecule has 4 unspecified atom stereocenters. The lowest BCUT2D eigenvalue weighted by molar-refractivity contribution is -0.0836. The van der Waals surface area contributed by atoms with E-state index in [0.29, 0.717) is 23.4 Å². The van der Waals surface area contributed by atoms with Gasteiger partial charge in [0.25, 0.3) is 0 Å². The largest absolute Gasteiger partial charge is 0.471 e. The van der Waals surface area contributed by atoms with Gasteiger partial charge >= 0.3 is 0 Å². The van der Waals surface area contributed by atoms with Gasteiger partial charge in [-0.25, -0.2) is 0 Å². The van der Waals surface area contributed by atoms with Gasteiger partial charge in [0.05, 0.1) is 11.7 Å². The van der Waals surface area contributed by atoms with Crippen LogP contribution in [0.3, 0.4) is 0 Å². The van der Waals surface area contributed by atoms with Crippen molar-refractivity contribution in [2.24, 2.45) is 5.92 Å². The molecule has 4 atom stereocenters. The highest BCUT2D eigenvalue weighted by Gasteiger charge is 2.68. The van der Waals surface area contributed by atoms with E-state index < -0.39 is 0 Å². The van der Waals surface area contributed by atoms with Crippen molar-refractivity contribution >= 4 is 0 Å². The van der Waals surface area contributed by atoms with Gasteiger partial charge < -0.3 is 4.74 Å². The Balaban J connectivity index is 1.25. The first-order valence-corrected chi connectivity index (χ1v) is 10.5. The Bertz CT molecular complexity index is 990. The van der Waals surface area contributed by atoms with Gasteiger partial charge in [0.1, 0.15) is 6.10 Å². The van der Waals surface area contributed by atoms with Gasteiger partial charge in [-0.1, -0.05) is 36.4 Å². The zero-order valence-electron chi connectivity index (χ0n) is 16.3. The van der Waals surface area contributed by atoms with E-state index in [2.05, 4.69) is 38.3 Å². The van der Waals surface area contributed by atoms with Crippen molar-refractivity contribution in [1.29, 1.82) is 0 Å². The third kappa shape index (κ3) is 2.68. The molecule has 4 heterocycles. The van der Waals surface area contributed by atoms with Gasteiger partial charge in [0.2, 0.25) is 5.88 Å². The highest BCUT2D eigenvalue weighted by molar-refractivity contribution is 5.58. The Morgan fingerprint density at radius 1 is 1.00 bits per heavy atom. The average Bonchev–Trinajstić information content (AvgIpc) is 2.83. The lowest BCUT2D eigenvalue weighted by Gasteiger charge is -2.58. The molecule has 5 heteroatoms. The third-order valence-corrected chi connectivity index (χ3v) is 7.25. The van der Waals surface area contributed by atoms with E-state index >= 15 is 0 Å². The average molecular weight is 384 g/mol. The van der Waals surface area contributed by atoms with Gasteiger partial charge in [-0.15, -0.1) is 10.2 Å². The van der Waals surface area contributed by atoms with Crippen LogP contribution in [0.15, 0.2) is 67.0 Å². The van der Waals surface area contributed by atoms with Crippen molar-refractivity contribution in [3.05, 3.63) is 72.6 Å². The van der Waals surface area contributed by atoms with Gasteiger partial charge in [0, 0.05) is 42.0 Å². The molecule has 0 radical (unpaired) electrons. The number of aromatic nitrogens is 3. The first-order chi connectivity index (χ1) is 14.3. The zero-order valence-corrected chi connectivity index (χ0v) is 16.3.